The number of aromatic nitrogens is 1. The maximum Gasteiger partial charge on any atom is 0.272 e. The smallest absolute Gasteiger partial charge is 0.272 e. The van der Waals surface area contributed by atoms with Gasteiger partial charge in [-0.3, -0.25) is 14.6 Å². The fourth-order valence-electron chi connectivity index (χ4n) is 2.38. The molecule has 3 N–H and O–H groups in total. The van der Waals surface area contributed by atoms with Crippen molar-refractivity contribution in [1.29, 1.82) is 0 Å². The summed E-state index contributed by atoms with van der Waals surface area (Å²) in [4.78, 5) is 30.0. The monoisotopic (exact) mass is 306 g/mol. The van der Waals surface area contributed by atoms with Gasteiger partial charge in [0.25, 0.3) is 5.91 Å². The fraction of sp³-hybridized carbons (Fsp3) is 0.429. The predicted octanol–water partition coefficient (Wildman–Crippen LogP) is 0.314. The van der Waals surface area contributed by atoms with Gasteiger partial charge in [-0.05, 0) is 25.0 Å². The summed E-state index contributed by atoms with van der Waals surface area (Å²) in [6, 6.07) is 3.32. The maximum atomic E-state index is 12.3. The number of pyridine rings is 1. The number of nitrogens with zero attached hydrogens (tertiary/aromatic N) is 2. The predicted molar refractivity (Wildman–Crippen MR) is 82.8 cm³/mol. The first-order valence-corrected chi connectivity index (χ1v) is 7.20. The number of thiocarbonyl (C=S) groups is 1. The molecule has 1 aliphatic heterocycles. The fourth-order valence-corrected chi connectivity index (χ4v) is 2.50. The molecule has 1 aromatic heterocycles. The van der Waals surface area contributed by atoms with Gasteiger partial charge in [0.2, 0.25) is 5.91 Å². The molecule has 112 valence electrons. The Labute approximate surface area is 128 Å². The summed E-state index contributed by atoms with van der Waals surface area (Å²) in [7, 11) is 1.63. The van der Waals surface area contributed by atoms with Gasteiger partial charge in [0, 0.05) is 37.8 Å². The first-order chi connectivity index (χ1) is 10.0. The summed E-state index contributed by atoms with van der Waals surface area (Å²) < 4.78 is 0. The average molecular weight is 306 g/mol. The highest BCUT2D eigenvalue weighted by Crippen LogP contribution is 2.18. The van der Waals surface area contributed by atoms with Crippen molar-refractivity contribution >= 4 is 29.0 Å². The second kappa shape index (κ2) is 6.62. The Hall–Kier alpha value is -2.02. The first-order valence-electron chi connectivity index (χ1n) is 6.79. The van der Waals surface area contributed by atoms with Crippen LogP contribution < -0.4 is 11.1 Å². The van der Waals surface area contributed by atoms with E-state index in [0.29, 0.717) is 37.2 Å². The highest BCUT2D eigenvalue weighted by atomic mass is 32.1. The number of amides is 2. The number of carbonyl (C=O) groups is 2. The molecule has 21 heavy (non-hydrogen) atoms. The van der Waals surface area contributed by atoms with Crippen LogP contribution in [0.3, 0.4) is 0 Å². The summed E-state index contributed by atoms with van der Waals surface area (Å²) in [6.07, 6.45) is 2.86. The Balaban J connectivity index is 1.98. The van der Waals surface area contributed by atoms with Crippen LogP contribution >= 0.6 is 12.2 Å². The minimum absolute atomic E-state index is 0.0102. The summed E-state index contributed by atoms with van der Waals surface area (Å²) >= 11 is 4.85. The number of nitrogens with two attached hydrogens (primary N) is 1. The topological polar surface area (TPSA) is 88.3 Å². The van der Waals surface area contributed by atoms with Gasteiger partial charge in [-0.15, -0.1) is 0 Å². The van der Waals surface area contributed by atoms with Crippen molar-refractivity contribution in [2.45, 2.75) is 12.8 Å². The molecule has 0 unspecified atom stereocenters. The number of hydrogen-bond donors (Lipinski definition) is 2. The van der Waals surface area contributed by atoms with Crippen LogP contribution in [0, 0.1) is 5.92 Å². The van der Waals surface area contributed by atoms with E-state index in [1.165, 1.54) is 6.20 Å². The lowest BCUT2D eigenvalue weighted by Gasteiger charge is -2.30. The van der Waals surface area contributed by atoms with Crippen molar-refractivity contribution in [3.05, 3.63) is 29.6 Å². The third-order valence-corrected chi connectivity index (χ3v) is 3.90. The van der Waals surface area contributed by atoms with Crippen LogP contribution in [0.2, 0.25) is 0 Å². The quantitative estimate of drug-likeness (QED) is 0.785. The summed E-state index contributed by atoms with van der Waals surface area (Å²) in [6.45, 7) is 1.13. The van der Waals surface area contributed by atoms with E-state index < -0.39 is 0 Å². The number of rotatable bonds is 3. The normalized spacial score (nSPS) is 15.6. The zero-order chi connectivity index (χ0) is 15.4. The molecule has 0 aliphatic carbocycles. The lowest BCUT2D eigenvalue weighted by molar-refractivity contribution is -0.125. The second-order valence-electron chi connectivity index (χ2n) is 4.98. The molecule has 2 heterocycles. The summed E-state index contributed by atoms with van der Waals surface area (Å²) in [5.41, 5.74) is 6.51. The SMILES string of the molecule is CNC(=O)C1CCN(C(=O)c2ccc(C(N)=S)cn2)CC1. The van der Waals surface area contributed by atoms with E-state index in [1.807, 2.05) is 0 Å². The molecular weight excluding hydrogens is 288 g/mol. The van der Waals surface area contributed by atoms with Gasteiger partial charge in [0.05, 0.1) is 0 Å². The minimum atomic E-state index is -0.125. The van der Waals surface area contributed by atoms with Crippen LogP contribution in [0.4, 0.5) is 0 Å². The van der Waals surface area contributed by atoms with Gasteiger partial charge in [0.15, 0.2) is 0 Å². The summed E-state index contributed by atoms with van der Waals surface area (Å²) in [5.74, 6) is -0.0927. The van der Waals surface area contributed by atoms with Crippen molar-refractivity contribution in [1.82, 2.24) is 15.2 Å². The highest BCUT2D eigenvalue weighted by molar-refractivity contribution is 7.80. The Morgan fingerprint density at radius 3 is 2.52 bits per heavy atom. The van der Waals surface area contributed by atoms with Crippen molar-refractivity contribution in [3.8, 4) is 0 Å². The first kappa shape index (κ1) is 15.4. The maximum absolute atomic E-state index is 12.3. The Bertz CT molecular complexity index is 551. The van der Waals surface area contributed by atoms with Crippen molar-refractivity contribution in [2.75, 3.05) is 20.1 Å². The Morgan fingerprint density at radius 1 is 1.38 bits per heavy atom. The highest BCUT2D eigenvalue weighted by Gasteiger charge is 2.27. The van der Waals surface area contributed by atoms with Crippen LogP contribution in [0.1, 0.15) is 28.9 Å². The van der Waals surface area contributed by atoms with Crippen molar-refractivity contribution in [2.24, 2.45) is 11.7 Å². The van der Waals surface area contributed by atoms with Crippen molar-refractivity contribution < 1.29 is 9.59 Å². The molecule has 1 fully saturated rings. The molecular formula is C14H18N4O2S. The standard InChI is InChI=1S/C14H18N4O2S/c1-16-13(19)9-4-6-18(7-5-9)14(20)11-3-2-10(8-17-11)12(15)21/h2-3,8-9H,4-7H2,1H3,(H2,15,21)(H,16,19). The van der Waals surface area contributed by atoms with Gasteiger partial charge in [0.1, 0.15) is 10.7 Å². The number of piperidine rings is 1. The van der Waals surface area contributed by atoms with Crippen LogP contribution in [-0.4, -0.2) is 46.8 Å². The second-order valence-corrected chi connectivity index (χ2v) is 5.42. The molecule has 0 saturated carbocycles. The van der Waals surface area contributed by atoms with Crippen LogP contribution in [0.15, 0.2) is 18.3 Å². The van der Waals surface area contributed by atoms with E-state index >= 15 is 0 Å². The van der Waals surface area contributed by atoms with Crippen molar-refractivity contribution in [3.63, 3.8) is 0 Å². The third kappa shape index (κ3) is 3.55. The molecule has 0 atom stereocenters. The van der Waals surface area contributed by atoms with E-state index in [2.05, 4.69) is 10.3 Å². The van der Waals surface area contributed by atoms with E-state index in [-0.39, 0.29) is 22.7 Å². The van der Waals surface area contributed by atoms with Gasteiger partial charge in [-0.2, -0.15) is 0 Å². The van der Waals surface area contributed by atoms with Gasteiger partial charge in [-0.25, -0.2) is 0 Å². The zero-order valence-electron chi connectivity index (χ0n) is 11.8. The molecule has 0 aromatic carbocycles. The number of carbonyl (C=O) groups excluding carboxylic acids is 2. The molecule has 0 spiro atoms. The number of hydrogen-bond acceptors (Lipinski definition) is 4. The van der Waals surface area contributed by atoms with E-state index in [4.69, 9.17) is 18.0 Å². The van der Waals surface area contributed by atoms with Gasteiger partial charge >= 0.3 is 0 Å². The van der Waals surface area contributed by atoms with Gasteiger partial charge in [-0.1, -0.05) is 12.2 Å². The largest absolute Gasteiger partial charge is 0.389 e. The molecule has 1 aromatic rings. The molecule has 6 nitrogen and oxygen atoms in total. The van der Waals surface area contributed by atoms with E-state index in [9.17, 15) is 9.59 Å². The molecule has 0 bridgehead atoms. The summed E-state index contributed by atoms with van der Waals surface area (Å²) in [5, 5.41) is 2.65. The number of nitrogens with one attached hydrogen (secondary N) is 1. The lowest BCUT2D eigenvalue weighted by Crippen LogP contribution is -2.42. The Morgan fingerprint density at radius 2 is 2.05 bits per heavy atom. The zero-order valence-corrected chi connectivity index (χ0v) is 12.7. The molecule has 7 heteroatoms. The van der Waals surface area contributed by atoms with Crippen LogP contribution in [0.25, 0.3) is 0 Å². The average Bonchev–Trinajstić information content (AvgIpc) is 2.53. The van der Waals surface area contributed by atoms with E-state index in [1.54, 1.807) is 24.1 Å². The molecule has 0 radical (unpaired) electrons. The minimum Gasteiger partial charge on any atom is -0.389 e. The molecule has 1 saturated heterocycles. The molecule has 2 rings (SSSR count). The van der Waals surface area contributed by atoms with Crippen LogP contribution in [0.5, 0.6) is 0 Å². The Kier molecular flexibility index (Phi) is 4.85. The number of likely N-dealkylation sites (tertiary alicyclic amines) is 1. The third-order valence-electron chi connectivity index (χ3n) is 3.67. The van der Waals surface area contributed by atoms with Crippen LogP contribution in [-0.2, 0) is 4.79 Å². The molecule has 1 aliphatic rings. The van der Waals surface area contributed by atoms with Gasteiger partial charge < -0.3 is 16.0 Å². The van der Waals surface area contributed by atoms with E-state index in [0.717, 1.165) is 0 Å². The lowest BCUT2D eigenvalue weighted by atomic mass is 9.96. The molecule has 2 amide bonds.